The number of halogens is 5. The molecule has 0 fully saturated rings. The maximum absolute atomic E-state index is 14.5. The van der Waals surface area contributed by atoms with Gasteiger partial charge in [-0.25, -0.2) is 13.8 Å². The van der Waals surface area contributed by atoms with Crippen LogP contribution >= 0.6 is 23.4 Å². The fourth-order valence-corrected chi connectivity index (χ4v) is 3.42. The molecular formula is C18H14ClF4N3O5S. The van der Waals surface area contributed by atoms with E-state index in [4.69, 9.17) is 16.3 Å². The van der Waals surface area contributed by atoms with Gasteiger partial charge < -0.3 is 10.1 Å². The van der Waals surface area contributed by atoms with Crippen molar-refractivity contribution in [1.82, 2.24) is 14.5 Å². The van der Waals surface area contributed by atoms with Crippen molar-refractivity contribution in [3.8, 4) is 5.69 Å². The standard InChI is InChI=1S/C18H14ClF4N3O5S/c1-3-14(27)24-8-31-16(29)7-32-12-5-11(10(20)4-9(12)19)26-15(28)6-13(18(21,22)23)25(2)17(26)30/h3-6H,1,7-8H2,2H3,(H,24,27). The van der Waals surface area contributed by atoms with Gasteiger partial charge in [-0.2, -0.15) is 13.2 Å². The van der Waals surface area contributed by atoms with Gasteiger partial charge in [0.15, 0.2) is 6.73 Å². The lowest BCUT2D eigenvalue weighted by atomic mass is 10.3. The molecule has 0 bridgehead atoms. The summed E-state index contributed by atoms with van der Waals surface area (Å²) in [6.45, 7) is 2.79. The number of hydrogen-bond acceptors (Lipinski definition) is 6. The Morgan fingerprint density at radius 1 is 1.28 bits per heavy atom. The first-order chi connectivity index (χ1) is 14.9. The summed E-state index contributed by atoms with van der Waals surface area (Å²) >= 11 is 6.68. The van der Waals surface area contributed by atoms with Crippen molar-refractivity contribution in [3.05, 3.63) is 68.2 Å². The fraction of sp³-hybridized carbons (Fsp3) is 0.222. The van der Waals surface area contributed by atoms with Crippen molar-refractivity contribution in [2.24, 2.45) is 7.05 Å². The Morgan fingerprint density at radius 3 is 2.53 bits per heavy atom. The zero-order valence-electron chi connectivity index (χ0n) is 16.2. The molecule has 2 aromatic rings. The van der Waals surface area contributed by atoms with Crippen molar-refractivity contribution in [2.45, 2.75) is 11.1 Å². The topological polar surface area (TPSA) is 99.4 Å². The third-order valence-electron chi connectivity index (χ3n) is 3.86. The van der Waals surface area contributed by atoms with Gasteiger partial charge in [0.25, 0.3) is 5.56 Å². The lowest BCUT2D eigenvalue weighted by Gasteiger charge is -2.15. The van der Waals surface area contributed by atoms with E-state index in [2.05, 4.69) is 11.9 Å². The number of esters is 1. The monoisotopic (exact) mass is 495 g/mol. The minimum absolute atomic E-state index is 0.0454. The fourth-order valence-electron chi connectivity index (χ4n) is 2.36. The Balaban J connectivity index is 2.34. The zero-order chi connectivity index (χ0) is 24.2. The van der Waals surface area contributed by atoms with E-state index in [-0.39, 0.29) is 30.9 Å². The van der Waals surface area contributed by atoms with Gasteiger partial charge in [0.05, 0.1) is 16.5 Å². The third-order valence-corrected chi connectivity index (χ3v) is 5.32. The number of thioether (sulfide) groups is 1. The number of amides is 1. The van der Waals surface area contributed by atoms with E-state index < -0.39 is 53.2 Å². The molecule has 2 rings (SSSR count). The summed E-state index contributed by atoms with van der Waals surface area (Å²) in [5.41, 5.74) is -4.99. The molecule has 0 aliphatic heterocycles. The van der Waals surface area contributed by atoms with Crippen molar-refractivity contribution in [2.75, 3.05) is 12.5 Å². The molecule has 0 saturated carbocycles. The van der Waals surface area contributed by atoms with Crippen LogP contribution in [0.2, 0.25) is 5.02 Å². The summed E-state index contributed by atoms with van der Waals surface area (Å²) in [4.78, 5) is 47.4. The molecule has 1 heterocycles. The second kappa shape index (κ2) is 10.0. The molecule has 0 aliphatic carbocycles. The van der Waals surface area contributed by atoms with Gasteiger partial charge >= 0.3 is 17.8 Å². The van der Waals surface area contributed by atoms with Gasteiger partial charge in [0.1, 0.15) is 11.5 Å². The number of carbonyl (C=O) groups excluding carboxylic acids is 2. The van der Waals surface area contributed by atoms with Crippen molar-refractivity contribution in [1.29, 1.82) is 0 Å². The number of carbonyl (C=O) groups is 2. The van der Waals surface area contributed by atoms with E-state index in [1.54, 1.807) is 0 Å². The van der Waals surface area contributed by atoms with Crippen LogP contribution in [0.5, 0.6) is 0 Å². The lowest BCUT2D eigenvalue weighted by molar-refractivity contribution is -0.144. The minimum Gasteiger partial charge on any atom is -0.444 e. The van der Waals surface area contributed by atoms with E-state index in [0.717, 1.165) is 37.0 Å². The lowest BCUT2D eigenvalue weighted by Crippen LogP contribution is -2.41. The highest BCUT2D eigenvalue weighted by molar-refractivity contribution is 8.00. The van der Waals surface area contributed by atoms with E-state index in [9.17, 15) is 36.7 Å². The average molecular weight is 496 g/mol. The molecule has 1 aromatic heterocycles. The molecule has 1 aromatic carbocycles. The van der Waals surface area contributed by atoms with Crippen LogP contribution in [0.25, 0.3) is 5.69 Å². The minimum atomic E-state index is -4.97. The second-order valence-electron chi connectivity index (χ2n) is 5.97. The highest BCUT2D eigenvalue weighted by atomic mass is 35.5. The maximum Gasteiger partial charge on any atom is 0.431 e. The summed E-state index contributed by atoms with van der Waals surface area (Å²) in [5.74, 6) is -2.86. The van der Waals surface area contributed by atoms with Crippen LogP contribution in [0.4, 0.5) is 17.6 Å². The number of hydrogen-bond donors (Lipinski definition) is 1. The molecule has 1 amide bonds. The summed E-state index contributed by atoms with van der Waals surface area (Å²) in [6, 6.07) is 1.86. The predicted molar refractivity (Wildman–Crippen MR) is 107 cm³/mol. The average Bonchev–Trinajstić information content (AvgIpc) is 2.70. The number of ether oxygens (including phenoxy) is 1. The SMILES string of the molecule is C=CC(=O)NCOC(=O)CSc1cc(-n2c(=O)cc(C(F)(F)F)n(C)c2=O)c(F)cc1Cl. The van der Waals surface area contributed by atoms with Gasteiger partial charge in [-0.05, 0) is 18.2 Å². The van der Waals surface area contributed by atoms with E-state index in [1.165, 1.54) is 0 Å². The Kier molecular flexibility index (Phi) is 7.91. The van der Waals surface area contributed by atoms with Crippen molar-refractivity contribution in [3.63, 3.8) is 0 Å². The smallest absolute Gasteiger partial charge is 0.431 e. The number of alkyl halides is 3. The summed E-state index contributed by atoms with van der Waals surface area (Å²) in [7, 11) is 0.783. The molecule has 0 saturated heterocycles. The molecule has 32 heavy (non-hydrogen) atoms. The van der Waals surface area contributed by atoms with Gasteiger partial charge in [-0.1, -0.05) is 18.2 Å². The summed E-state index contributed by atoms with van der Waals surface area (Å²) < 4.78 is 58.6. The van der Waals surface area contributed by atoms with Gasteiger partial charge in [-0.3, -0.25) is 19.0 Å². The number of aromatic nitrogens is 2. The molecule has 0 radical (unpaired) electrons. The predicted octanol–water partition coefficient (Wildman–Crippen LogP) is 2.24. The first kappa shape index (κ1) is 25.2. The number of benzene rings is 1. The molecule has 14 heteroatoms. The van der Waals surface area contributed by atoms with Crippen LogP contribution in [0.15, 0.2) is 45.3 Å². The molecule has 8 nitrogen and oxygen atoms in total. The Hall–Kier alpha value is -3.06. The van der Waals surface area contributed by atoms with Crippen LogP contribution in [0.3, 0.4) is 0 Å². The highest BCUT2D eigenvalue weighted by Gasteiger charge is 2.35. The Morgan fingerprint density at radius 2 is 1.94 bits per heavy atom. The second-order valence-corrected chi connectivity index (χ2v) is 7.40. The van der Waals surface area contributed by atoms with Crippen LogP contribution in [-0.2, 0) is 27.5 Å². The molecule has 0 spiro atoms. The number of nitrogens with one attached hydrogen (secondary N) is 1. The van der Waals surface area contributed by atoms with E-state index in [0.29, 0.717) is 0 Å². The maximum atomic E-state index is 14.5. The van der Waals surface area contributed by atoms with Crippen LogP contribution in [0, 0.1) is 5.82 Å². The van der Waals surface area contributed by atoms with Crippen LogP contribution < -0.4 is 16.6 Å². The molecule has 0 unspecified atom stereocenters. The van der Waals surface area contributed by atoms with Crippen LogP contribution in [0.1, 0.15) is 5.69 Å². The Bertz CT molecular complexity index is 1190. The van der Waals surface area contributed by atoms with E-state index >= 15 is 0 Å². The highest BCUT2D eigenvalue weighted by Crippen LogP contribution is 2.31. The van der Waals surface area contributed by atoms with Gasteiger partial charge in [0, 0.05) is 18.0 Å². The quantitative estimate of drug-likeness (QED) is 0.208. The number of nitrogens with zero attached hydrogens (tertiary/aromatic N) is 2. The summed E-state index contributed by atoms with van der Waals surface area (Å²) in [6.07, 6.45) is -4.01. The van der Waals surface area contributed by atoms with Gasteiger partial charge in [-0.15, -0.1) is 11.8 Å². The molecule has 1 N–H and O–H groups in total. The molecular weight excluding hydrogens is 482 g/mol. The molecule has 172 valence electrons. The molecule has 0 atom stereocenters. The Labute approximate surface area is 186 Å². The normalized spacial score (nSPS) is 11.2. The first-order valence-corrected chi connectivity index (χ1v) is 9.81. The zero-order valence-corrected chi connectivity index (χ0v) is 17.7. The summed E-state index contributed by atoms with van der Waals surface area (Å²) in [5, 5.41) is 2.02. The molecule has 0 aliphatic rings. The largest absolute Gasteiger partial charge is 0.444 e. The van der Waals surface area contributed by atoms with Crippen LogP contribution in [-0.4, -0.2) is 33.5 Å². The number of rotatable bonds is 7. The van der Waals surface area contributed by atoms with Gasteiger partial charge in [0.2, 0.25) is 5.91 Å². The first-order valence-electron chi connectivity index (χ1n) is 8.45. The third kappa shape index (κ3) is 5.79. The van der Waals surface area contributed by atoms with E-state index in [1.807, 2.05) is 0 Å². The van der Waals surface area contributed by atoms with Crippen molar-refractivity contribution >= 4 is 35.2 Å². The van der Waals surface area contributed by atoms with Crippen molar-refractivity contribution < 1.29 is 31.9 Å².